The molecule has 0 bridgehead atoms. The number of piperidine rings is 1. The molecule has 0 radical (unpaired) electrons. The van der Waals surface area contributed by atoms with E-state index >= 15 is 0 Å². The largest absolute Gasteiger partial charge is 0.449 e. The number of thioether (sulfide) groups is 1. The van der Waals surface area contributed by atoms with E-state index in [1.165, 1.54) is 0 Å². The van der Waals surface area contributed by atoms with Crippen LogP contribution in [0.3, 0.4) is 0 Å². The third-order valence-corrected chi connectivity index (χ3v) is 3.77. The highest BCUT2D eigenvalue weighted by Gasteiger charge is 2.27. The van der Waals surface area contributed by atoms with Gasteiger partial charge in [0.25, 0.3) is 0 Å². The number of nitrogens with one attached hydrogen (secondary N) is 1. The molecule has 1 rings (SSSR count). The Balaban J connectivity index is 2.24. The maximum Gasteiger partial charge on any atom is 0.409 e. The summed E-state index contributed by atoms with van der Waals surface area (Å²) in [6.45, 7) is 4.39. The van der Waals surface area contributed by atoms with Crippen molar-refractivity contribution in [3.8, 4) is 0 Å². The summed E-state index contributed by atoms with van der Waals surface area (Å²) in [6, 6.07) is 0. The Morgan fingerprint density at radius 3 is 2.63 bits per heavy atom. The first kappa shape index (κ1) is 16.1. The van der Waals surface area contributed by atoms with Crippen molar-refractivity contribution in [1.29, 1.82) is 0 Å². The van der Waals surface area contributed by atoms with E-state index in [0.717, 1.165) is 31.6 Å². The Labute approximate surface area is 119 Å². The van der Waals surface area contributed by atoms with Crippen molar-refractivity contribution in [1.82, 2.24) is 10.2 Å². The molecule has 19 heavy (non-hydrogen) atoms. The predicted octanol–water partition coefficient (Wildman–Crippen LogP) is 1.72. The average Bonchev–Trinajstić information content (AvgIpc) is 2.45. The molecule has 6 heteroatoms. The molecular weight excluding hydrogens is 264 g/mol. The molecule has 0 aromatic carbocycles. The first-order chi connectivity index (χ1) is 9.19. The molecule has 0 aromatic heterocycles. The van der Waals surface area contributed by atoms with Gasteiger partial charge in [0.15, 0.2) is 0 Å². The fraction of sp³-hybridized carbons (Fsp3) is 0.846. The minimum Gasteiger partial charge on any atom is -0.449 e. The molecule has 0 unspecified atom stereocenters. The van der Waals surface area contributed by atoms with Crippen molar-refractivity contribution < 1.29 is 14.3 Å². The number of hydrogen-bond donors (Lipinski definition) is 1. The van der Waals surface area contributed by atoms with Crippen LogP contribution in [0.25, 0.3) is 0 Å². The molecule has 2 amide bonds. The van der Waals surface area contributed by atoms with Crippen LogP contribution >= 0.6 is 11.8 Å². The highest BCUT2D eigenvalue weighted by atomic mass is 32.2. The number of carbonyl (C=O) groups excluding carboxylic acids is 2. The first-order valence-corrected chi connectivity index (χ1v) is 8.26. The Morgan fingerprint density at radius 2 is 2.05 bits per heavy atom. The normalized spacial score (nSPS) is 16.2. The quantitative estimate of drug-likeness (QED) is 0.756. The van der Waals surface area contributed by atoms with Crippen molar-refractivity contribution in [2.75, 3.05) is 38.2 Å². The Hall–Kier alpha value is -0.910. The van der Waals surface area contributed by atoms with Gasteiger partial charge in [-0.05, 0) is 25.5 Å². The zero-order valence-electron chi connectivity index (χ0n) is 11.8. The molecule has 0 aliphatic carbocycles. The summed E-state index contributed by atoms with van der Waals surface area (Å²) in [5.74, 6) is 1.10. The Kier molecular flexibility index (Phi) is 7.70. The molecule has 0 spiro atoms. The standard InChI is InChI=1S/C13H24N2O3S/c1-3-9-18-13(17)15-7-4-11(5-8-15)12(16)14-6-10-19-2/h11H,3-10H2,1-2H3,(H,14,16). The van der Waals surface area contributed by atoms with Gasteiger partial charge in [-0.25, -0.2) is 4.79 Å². The highest BCUT2D eigenvalue weighted by molar-refractivity contribution is 7.98. The fourth-order valence-electron chi connectivity index (χ4n) is 2.03. The molecule has 1 fully saturated rings. The second-order valence-electron chi connectivity index (χ2n) is 4.66. The van der Waals surface area contributed by atoms with Gasteiger partial charge in [-0.1, -0.05) is 6.92 Å². The lowest BCUT2D eigenvalue weighted by molar-refractivity contribution is -0.126. The van der Waals surface area contributed by atoms with Gasteiger partial charge in [-0.2, -0.15) is 11.8 Å². The second-order valence-corrected chi connectivity index (χ2v) is 5.65. The smallest absolute Gasteiger partial charge is 0.409 e. The number of likely N-dealkylation sites (tertiary alicyclic amines) is 1. The van der Waals surface area contributed by atoms with Crippen LogP contribution in [-0.2, 0) is 9.53 Å². The summed E-state index contributed by atoms with van der Waals surface area (Å²) in [6.07, 6.45) is 4.06. The lowest BCUT2D eigenvalue weighted by Crippen LogP contribution is -2.43. The zero-order valence-corrected chi connectivity index (χ0v) is 12.6. The van der Waals surface area contributed by atoms with E-state index in [1.54, 1.807) is 16.7 Å². The van der Waals surface area contributed by atoms with E-state index < -0.39 is 0 Å². The maximum absolute atomic E-state index is 11.9. The van der Waals surface area contributed by atoms with Crippen LogP contribution in [0.1, 0.15) is 26.2 Å². The molecule has 5 nitrogen and oxygen atoms in total. The van der Waals surface area contributed by atoms with Crippen molar-refractivity contribution in [3.05, 3.63) is 0 Å². The van der Waals surface area contributed by atoms with Gasteiger partial charge in [-0.15, -0.1) is 0 Å². The maximum atomic E-state index is 11.9. The molecule has 1 saturated heterocycles. The molecule has 1 aliphatic rings. The molecule has 0 atom stereocenters. The molecular formula is C13H24N2O3S. The van der Waals surface area contributed by atoms with Gasteiger partial charge in [0.05, 0.1) is 6.61 Å². The lowest BCUT2D eigenvalue weighted by Gasteiger charge is -2.30. The lowest BCUT2D eigenvalue weighted by atomic mass is 9.96. The van der Waals surface area contributed by atoms with E-state index in [2.05, 4.69) is 5.32 Å². The number of hydrogen-bond acceptors (Lipinski definition) is 4. The number of carbonyl (C=O) groups is 2. The number of nitrogens with zero attached hydrogens (tertiary/aromatic N) is 1. The van der Waals surface area contributed by atoms with E-state index in [1.807, 2.05) is 13.2 Å². The van der Waals surface area contributed by atoms with Crippen LogP contribution in [0.2, 0.25) is 0 Å². The monoisotopic (exact) mass is 288 g/mol. The number of ether oxygens (including phenoxy) is 1. The van der Waals surface area contributed by atoms with Crippen molar-refractivity contribution >= 4 is 23.8 Å². The Bertz CT molecular complexity index is 292. The van der Waals surface area contributed by atoms with E-state index in [4.69, 9.17) is 4.74 Å². The van der Waals surface area contributed by atoms with Gasteiger partial charge < -0.3 is 15.0 Å². The topological polar surface area (TPSA) is 58.6 Å². The van der Waals surface area contributed by atoms with E-state index in [0.29, 0.717) is 19.7 Å². The van der Waals surface area contributed by atoms with Crippen LogP contribution in [0.4, 0.5) is 4.79 Å². The second kappa shape index (κ2) is 9.07. The summed E-state index contributed by atoms with van der Waals surface area (Å²) in [5, 5.41) is 2.94. The molecule has 1 N–H and O–H groups in total. The molecule has 110 valence electrons. The summed E-state index contributed by atoms with van der Waals surface area (Å²) < 4.78 is 5.09. The molecule has 0 saturated carbocycles. The minimum absolute atomic E-state index is 0.0390. The van der Waals surface area contributed by atoms with Crippen molar-refractivity contribution in [3.63, 3.8) is 0 Å². The minimum atomic E-state index is -0.247. The number of amides is 2. The van der Waals surface area contributed by atoms with Gasteiger partial charge >= 0.3 is 6.09 Å². The van der Waals surface area contributed by atoms with E-state index in [-0.39, 0.29) is 17.9 Å². The van der Waals surface area contributed by atoms with Gasteiger partial charge in [-0.3, -0.25) is 4.79 Å². The van der Waals surface area contributed by atoms with Gasteiger partial charge in [0.2, 0.25) is 5.91 Å². The Morgan fingerprint density at radius 1 is 1.37 bits per heavy atom. The van der Waals surface area contributed by atoms with Crippen LogP contribution in [-0.4, -0.2) is 55.2 Å². The molecule has 0 aromatic rings. The highest BCUT2D eigenvalue weighted by Crippen LogP contribution is 2.18. The number of rotatable bonds is 6. The summed E-state index contributed by atoms with van der Waals surface area (Å²) >= 11 is 1.72. The summed E-state index contributed by atoms with van der Waals surface area (Å²) in [7, 11) is 0. The van der Waals surface area contributed by atoms with Crippen LogP contribution < -0.4 is 5.32 Å². The first-order valence-electron chi connectivity index (χ1n) is 6.87. The third kappa shape index (κ3) is 5.72. The SMILES string of the molecule is CCCOC(=O)N1CCC(C(=O)NCCSC)CC1. The van der Waals surface area contributed by atoms with Gasteiger partial charge in [0.1, 0.15) is 0 Å². The molecule has 1 aliphatic heterocycles. The summed E-state index contributed by atoms with van der Waals surface area (Å²) in [5.41, 5.74) is 0. The van der Waals surface area contributed by atoms with Crippen molar-refractivity contribution in [2.45, 2.75) is 26.2 Å². The molecule has 1 heterocycles. The van der Waals surface area contributed by atoms with Gasteiger partial charge in [0, 0.05) is 31.3 Å². The van der Waals surface area contributed by atoms with Crippen molar-refractivity contribution in [2.24, 2.45) is 5.92 Å². The third-order valence-electron chi connectivity index (χ3n) is 3.16. The zero-order chi connectivity index (χ0) is 14.1. The van der Waals surface area contributed by atoms with Crippen LogP contribution in [0.15, 0.2) is 0 Å². The van der Waals surface area contributed by atoms with E-state index in [9.17, 15) is 9.59 Å². The van der Waals surface area contributed by atoms with Crippen LogP contribution in [0, 0.1) is 5.92 Å². The predicted molar refractivity (Wildman–Crippen MR) is 77.3 cm³/mol. The van der Waals surface area contributed by atoms with Crippen LogP contribution in [0.5, 0.6) is 0 Å². The average molecular weight is 288 g/mol. The fourth-order valence-corrected chi connectivity index (χ4v) is 2.33. The summed E-state index contributed by atoms with van der Waals surface area (Å²) in [4.78, 5) is 25.2.